The van der Waals surface area contributed by atoms with Gasteiger partial charge in [0.1, 0.15) is 5.78 Å². The molecule has 5 atom stereocenters. The summed E-state index contributed by atoms with van der Waals surface area (Å²) in [6, 6.07) is 0. The average Bonchev–Trinajstić information content (AvgIpc) is 2.56. The molecule has 0 saturated heterocycles. The van der Waals surface area contributed by atoms with E-state index in [9.17, 15) is 4.79 Å². The van der Waals surface area contributed by atoms with Crippen LogP contribution in [-0.2, 0) is 9.53 Å². The van der Waals surface area contributed by atoms with Crippen LogP contribution >= 0.6 is 0 Å². The second-order valence-corrected chi connectivity index (χ2v) is 6.94. The molecule has 110 valence electrons. The number of carbonyl (C=O) groups is 1. The van der Waals surface area contributed by atoms with Crippen molar-refractivity contribution in [3.05, 3.63) is 0 Å². The van der Waals surface area contributed by atoms with Crippen LogP contribution in [-0.4, -0.2) is 18.5 Å². The number of ketones is 1. The van der Waals surface area contributed by atoms with E-state index < -0.39 is 0 Å². The van der Waals surface area contributed by atoms with Crippen LogP contribution < -0.4 is 0 Å². The second kappa shape index (κ2) is 5.95. The number of Topliss-reactive ketones (excluding diaryl/α,β-unsaturated/α-hetero) is 1. The maximum absolute atomic E-state index is 12.1. The summed E-state index contributed by atoms with van der Waals surface area (Å²) in [5.41, 5.74) is -0.0852. The van der Waals surface area contributed by atoms with Crippen molar-refractivity contribution in [1.29, 1.82) is 0 Å². The van der Waals surface area contributed by atoms with Gasteiger partial charge in [0.25, 0.3) is 0 Å². The zero-order valence-corrected chi connectivity index (χ0v) is 13.1. The van der Waals surface area contributed by atoms with Crippen molar-refractivity contribution in [3.63, 3.8) is 0 Å². The molecule has 2 heteroatoms. The molecule has 2 unspecified atom stereocenters. The zero-order chi connectivity index (χ0) is 14.0. The number of rotatable bonds is 3. The van der Waals surface area contributed by atoms with Gasteiger partial charge in [-0.2, -0.15) is 0 Å². The Morgan fingerprint density at radius 2 is 2.00 bits per heavy atom. The van der Waals surface area contributed by atoms with Crippen LogP contribution in [0.25, 0.3) is 0 Å². The van der Waals surface area contributed by atoms with Gasteiger partial charge < -0.3 is 4.74 Å². The van der Waals surface area contributed by atoms with E-state index >= 15 is 0 Å². The number of ether oxygens (including phenoxy) is 1. The molecule has 0 spiro atoms. The number of methoxy groups -OCH3 is 1. The molecule has 19 heavy (non-hydrogen) atoms. The molecular formula is C17H30O2. The van der Waals surface area contributed by atoms with Crippen LogP contribution in [0.15, 0.2) is 0 Å². The van der Waals surface area contributed by atoms with Gasteiger partial charge in [-0.05, 0) is 49.9 Å². The van der Waals surface area contributed by atoms with Gasteiger partial charge in [-0.15, -0.1) is 0 Å². The van der Waals surface area contributed by atoms with Crippen molar-refractivity contribution in [1.82, 2.24) is 0 Å². The predicted molar refractivity (Wildman–Crippen MR) is 78.0 cm³/mol. The summed E-state index contributed by atoms with van der Waals surface area (Å²) in [5, 5.41) is 0. The summed E-state index contributed by atoms with van der Waals surface area (Å²) in [6.07, 6.45) is 7.49. The molecule has 0 amide bonds. The largest absolute Gasteiger partial charge is 0.378 e. The molecule has 2 rings (SSSR count). The topological polar surface area (TPSA) is 26.3 Å². The van der Waals surface area contributed by atoms with E-state index in [-0.39, 0.29) is 5.60 Å². The smallest absolute Gasteiger partial charge is 0.133 e. The molecule has 0 aromatic carbocycles. The highest BCUT2D eigenvalue weighted by Crippen LogP contribution is 2.50. The quantitative estimate of drug-likeness (QED) is 0.764. The highest BCUT2D eigenvalue weighted by molar-refractivity contribution is 5.79. The van der Waals surface area contributed by atoms with Crippen LogP contribution in [0.2, 0.25) is 0 Å². The Balaban J connectivity index is 2.30. The lowest BCUT2D eigenvalue weighted by Crippen LogP contribution is -2.46. The summed E-state index contributed by atoms with van der Waals surface area (Å²) in [7, 11) is 1.84. The van der Waals surface area contributed by atoms with Crippen molar-refractivity contribution in [3.8, 4) is 0 Å². The average molecular weight is 266 g/mol. The van der Waals surface area contributed by atoms with Gasteiger partial charge in [0.2, 0.25) is 0 Å². The second-order valence-electron chi connectivity index (χ2n) is 6.94. The van der Waals surface area contributed by atoms with E-state index in [2.05, 4.69) is 20.8 Å². The van der Waals surface area contributed by atoms with Gasteiger partial charge in [-0.25, -0.2) is 0 Å². The van der Waals surface area contributed by atoms with Crippen LogP contribution in [0, 0.1) is 23.7 Å². The van der Waals surface area contributed by atoms with Gasteiger partial charge in [0, 0.05) is 20.0 Å². The van der Waals surface area contributed by atoms with E-state index in [1.807, 2.05) is 7.11 Å². The van der Waals surface area contributed by atoms with Crippen molar-refractivity contribution in [2.24, 2.45) is 23.7 Å². The molecule has 2 aliphatic carbocycles. The van der Waals surface area contributed by atoms with Crippen molar-refractivity contribution in [2.75, 3.05) is 7.11 Å². The van der Waals surface area contributed by atoms with Crippen molar-refractivity contribution >= 4 is 5.78 Å². The fourth-order valence-electron chi connectivity index (χ4n) is 4.57. The molecule has 0 aliphatic heterocycles. The van der Waals surface area contributed by atoms with Crippen LogP contribution in [0.3, 0.4) is 0 Å². The third kappa shape index (κ3) is 2.89. The first-order chi connectivity index (χ1) is 9.04. The van der Waals surface area contributed by atoms with E-state index in [0.29, 0.717) is 24.0 Å². The molecule has 0 aromatic heterocycles. The monoisotopic (exact) mass is 266 g/mol. The van der Waals surface area contributed by atoms with E-state index in [4.69, 9.17) is 4.74 Å². The van der Waals surface area contributed by atoms with Gasteiger partial charge in [-0.1, -0.05) is 26.7 Å². The SMILES string of the molecule is CCC1C[C@H](CC)[C@@H]2CC(=O)CCC(C)(OC)[C@@H]2C1. The number of carbonyl (C=O) groups excluding carboxylic acids is 1. The molecule has 0 N–H and O–H groups in total. The highest BCUT2D eigenvalue weighted by Gasteiger charge is 2.48. The standard InChI is InChI=1S/C17H30O2/c1-5-12-9-13(6-2)15-11-14(18)7-8-17(3,19-4)16(15)10-12/h12-13,15-16H,5-11H2,1-4H3/t12?,13-,15-,16+,17?/m0/s1. The zero-order valence-electron chi connectivity index (χ0n) is 13.1. The lowest BCUT2D eigenvalue weighted by Gasteiger charge is -2.48. The first kappa shape index (κ1) is 15.0. The predicted octanol–water partition coefficient (Wildman–Crippen LogP) is 4.22. The summed E-state index contributed by atoms with van der Waals surface area (Å²) in [5.74, 6) is 3.15. The minimum absolute atomic E-state index is 0.0852. The Morgan fingerprint density at radius 3 is 2.58 bits per heavy atom. The minimum atomic E-state index is -0.0852. The first-order valence-corrected chi connectivity index (χ1v) is 8.10. The molecule has 0 bridgehead atoms. The van der Waals surface area contributed by atoms with E-state index in [0.717, 1.165) is 24.7 Å². The fraction of sp³-hybridized carbons (Fsp3) is 0.941. The summed E-state index contributed by atoms with van der Waals surface area (Å²) in [4.78, 5) is 12.1. The van der Waals surface area contributed by atoms with E-state index in [1.54, 1.807) is 0 Å². The molecule has 0 aromatic rings. The maximum Gasteiger partial charge on any atom is 0.133 e. The minimum Gasteiger partial charge on any atom is -0.378 e. The summed E-state index contributed by atoms with van der Waals surface area (Å²) < 4.78 is 5.91. The Kier molecular flexibility index (Phi) is 4.70. The molecular weight excluding hydrogens is 236 g/mol. The van der Waals surface area contributed by atoms with Crippen molar-refractivity contribution in [2.45, 2.75) is 71.3 Å². The highest BCUT2D eigenvalue weighted by atomic mass is 16.5. The Hall–Kier alpha value is -0.370. The van der Waals surface area contributed by atoms with E-state index in [1.165, 1.54) is 25.7 Å². The third-order valence-electron chi connectivity index (χ3n) is 6.06. The molecule has 2 aliphatic rings. The summed E-state index contributed by atoms with van der Waals surface area (Å²) in [6.45, 7) is 6.84. The van der Waals surface area contributed by atoms with Crippen LogP contribution in [0.1, 0.15) is 65.7 Å². The Morgan fingerprint density at radius 1 is 1.26 bits per heavy atom. The van der Waals surface area contributed by atoms with Gasteiger partial charge in [0.05, 0.1) is 5.60 Å². The fourth-order valence-corrected chi connectivity index (χ4v) is 4.57. The van der Waals surface area contributed by atoms with Gasteiger partial charge in [-0.3, -0.25) is 4.79 Å². The lowest BCUT2D eigenvalue weighted by atomic mass is 9.61. The number of hydrogen-bond acceptors (Lipinski definition) is 2. The van der Waals surface area contributed by atoms with Gasteiger partial charge in [0.15, 0.2) is 0 Å². The number of fused-ring (bicyclic) bond motifs is 1. The lowest BCUT2D eigenvalue weighted by molar-refractivity contribution is -0.120. The van der Waals surface area contributed by atoms with Crippen molar-refractivity contribution < 1.29 is 9.53 Å². The maximum atomic E-state index is 12.1. The van der Waals surface area contributed by atoms with Crippen LogP contribution in [0.4, 0.5) is 0 Å². The normalized spacial score (nSPS) is 43.7. The first-order valence-electron chi connectivity index (χ1n) is 8.10. The van der Waals surface area contributed by atoms with Crippen LogP contribution in [0.5, 0.6) is 0 Å². The molecule has 0 radical (unpaired) electrons. The van der Waals surface area contributed by atoms with Gasteiger partial charge >= 0.3 is 0 Å². The Labute approximate surface area is 118 Å². The molecule has 2 saturated carbocycles. The third-order valence-corrected chi connectivity index (χ3v) is 6.06. The molecule has 2 nitrogen and oxygen atoms in total. The molecule has 0 heterocycles. The molecule has 2 fully saturated rings. The Bertz CT molecular complexity index is 325. The number of hydrogen-bond donors (Lipinski definition) is 0. The summed E-state index contributed by atoms with van der Waals surface area (Å²) >= 11 is 0.